The second-order valence-corrected chi connectivity index (χ2v) is 10.1. The smallest absolute Gasteiger partial charge is 0.0628 e. The van der Waals surface area contributed by atoms with Crippen LogP contribution in [0.15, 0.2) is 0 Å². The van der Waals surface area contributed by atoms with Gasteiger partial charge in [0.05, 0.1) is 17.3 Å². The van der Waals surface area contributed by atoms with Gasteiger partial charge in [0.25, 0.3) is 0 Å². The lowest BCUT2D eigenvalue weighted by Gasteiger charge is -2.28. The molecule has 0 aliphatic carbocycles. The molecule has 3 unspecified atom stereocenters. The number of hydrogen-bond donors (Lipinski definition) is 0. The van der Waals surface area contributed by atoms with Gasteiger partial charge in [-0.05, 0) is 84.5 Å². The molecule has 3 nitrogen and oxygen atoms in total. The van der Waals surface area contributed by atoms with Crippen molar-refractivity contribution in [1.29, 1.82) is 0 Å². The highest BCUT2D eigenvalue weighted by Gasteiger charge is 2.21. The fourth-order valence-corrected chi connectivity index (χ4v) is 3.83. The molecular weight excluding hydrogens is 324 g/mol. The highest BCUT2D eigenvalue weighted by atomic mass is 16.5. The van der Waals surface area contributed by atoms with Gasteiger partial charge in [-0.3, -0.25) is 0 Å². The van der Waals surface area contributed by atoms with Gasteiger partial charge in [-0.25, -0.2) is 0 Å². The van der Waals surface area contributed by atoms with E-state index in [9.17, 15) is 0 Å². The zero-order chi connectivity index (χ0) is 20.4. The lowest BCUT2D eigenvalue weighted by Crippen LogP contribution is -2.27. The highest BCUT2D eigenvalue weighted by Crippen LogP contribution is 2.23. The minimum atomic E-state index is -0.0388. The van der Waals surface area contributed by atoms with Crippen LogP contribution in [0, 0.1) is 17.8 Å². The van der Waals surface area contributed by atoms with Gasteiger partial charge in [-0.2, -0.15) is 0 Å². The zero-order valence-electron chi connectivity index (χ0n) is 19.5. The van der Waals surface area contributed by atoms with Crippen molar-refractivity contribution in [3.63, 3.8) is 0 Å². The molecule has 0 aromatic heterocycles. The molecule has 0 aliphatic heterocycles. The van der Waals surface area contributed by atoms with E-state index in [1.807, 2.05) is 0 Å². The van der Waals surface area contributed by atoms with Gasteiger partial charge in [0.1, 0.15) is 0 Å². The molecule has 0 amide bonds. The van der Waals surface area contributed by atoms with E-state index in [2.05, 4.69) is 62.3 Å². The summed E-state index contributed by atoms with van der Waals surface area (Å²) >= 11 is 0. The molecule has 0 saturated heterocycles. The van der Waals surface area contributed by atoms with E-state index in [1.165, 1.54) is 0 Å². The Hall–Kier alpha value is -0.120. The first-order chi connectivity index (χ1) is 11.9. The summed E-state index contributed by atoms with van der Waals surface area (Å²) in [4.78, 5) is 0. The fraction of sp³-hybridized carbons (Fsp3) is 1.00. The Morgan fingerprint density at radius 2 is 1.31 bits per heavy atom. The second kappa shape index (κ2) is 12.4. The summed E-state index contributed by atoms with van der Waals surface area (Å²) in [6, 6.07) is 0. The van der Waals surface area contributed by atoms with Gasteiger partial charge in [0.15, 0.2) is 0 Å². The largest absolute Gasteiger partial charge is 0.379 e. The van der Waals surface area contributed by atoms with E-state index in [0.29, 0.717) is 23.9 Å². The Morgan fingerprint density at radius 1 is 0.731 bits per heavy atom. The average molecular weight is 373 g/mol. The average Bonchev–Trinajstić information content (AvgIpc) is 2.44. The van der Waals surface area contributed by atoms with E-state index in [1.54, 1.807) is 7.11 Å². The lowest BCUT2D eigenvalue weighted by molar-refractivity contribution is -0.0388. The fourth-order valence-electron chi connectivity index (χ4n) is 3.83. The first kappa shape index (κ1) is 25.9. The van der Waals surface area contributed by atoms with Gasteiger partial charge in [0.2, 0.25) is 0 Å². The van der Waals surface area contributed by atoms with Crippen LogP contribution < -0.4 is 0 Å². The van der Waals surface area contributed by atoms with Gasteiger partial charge in [0, 0.05) is 20.3 Å². The van der Waals surface area contributed by atoms with Gasteiger partial charge >= 0.3 is 0 Å². The summed E-state index contributed by atoms with van der Waals surface area (Å²) in [5.74, 6) is 1.92. The van der Waals surface area contributed by atoms with Gasteiger partial charge < -0.3 is 14.2 Å². The Bertz CT molecular complexity index is 349. The van der Waals surface area contributed by atoms with E-state index < -0.39 is 0 Å². The predicted octanol–water partition coefficient (Wildman–Crippen LogP) is 6.49. The van der Waals surface area contributed by atoms with Crippen LogP contribution in [0.1, 0.15) is 94.4 Å². The molecule has 0 bridgehead atoms. The molecule has 0 fully saturated rings. The molecule has 3 heteroatoms. The maximum Gasteiger partial charge on any atom is 0.0628 e. The second-order valence-electron chi connectivity index (χ2n) is 10.1. The molecule has 158 valence electrons. The molecular formula is C23H48O3. The van der Waals surface area contributed by atoms with Crippen LogP contribution in [0.4, 0.5) is 0 Å². The van der Waals surface area contributed by atoms with Gasteiger partial charge in [-0.15, -0.1) is 0 Å². The van der Waals surface area contributed by atoms with Crippen LogP contribution in [-0.2, 0) is 14.2 Å². The van der Waals surface area contributed by atoms with Gasteiger partial charge in [-0.1, -0.05) is 27.7 Å². The topological polar surface area (TPSA) is 27.7 Å². The summed E-state index contributed by atoms with van der Waals surface area (Å²) in [6.07, 6.45) is 5.80. The number of hydrogen-bond acceptors (Lipinski definition) is 3. The lowest BCUT2D eigenvalue weighted by atomic mass is 9.92. The molecule has 0 rings (SSSR count). The Labute approximate surface area is 164 Å². The van der Waals surface area contributed by atoms with Crippen molar-refractivity contribution < 1.29 is 14.2 Å². The first-order valence-corrected chi connectivity index (χ1v) is 10.7. The SMILES string of the molecule is COC(C)(C)CC(C)CCOC(C)CC(C)CCOC(C)(C)CC(C)C. The summed E-state index contributed by atoms with van der Waals surface area (Å²) in [6.45, 7) is 21.7. The maximum absolute atomic E-state index is 6.11. The van der Waals surface area contributed by atoms with Crippen LogP contribution in [0.5, 0.6) is 0 Å². The van der Waals surface area contributed by atoms with Crippen LogP contribution in [0.25, 0.3) is 0 Å². The molecule has 0 aliphatic rings. The maximum atomic E-state index is 6.11. The van der Waals surface area contributed by atoms with Crippen molar-refractivity contribution in [3.05, 3.63) is 0 Å². The van der Waals surface area contributed by atoms with Crippen molar-refractivity contribution in [2.75, 3.05) is 20.3 Å². The molecule has 0 spiro atoms. The predicted molar refractivity (Wildman–Crippen MR) is 113 cm³/mol. The van der Waals surface area contributed by atoms with Crippen molar-refractivity contribution in [3.8, 4) is 0 Å². The normalized spacial score (nSPS) is 16.7. The summed E-state index contributed by atoms with van der Waals surface area (Å²) < 4.78 is 17.7. The molecule has 0 heterocycles. The van der Waals surface area contributed by atoms with E-state index in [0.717, 1.165) is 45.3 Å². The number of methoxy groups -OCH3 is 1. The van der Waals surface area contributed by atoms with Crippen LogP contribution >= 0.6 is 0 Å². The monoisotopic (exact) mass is 372 g/mol. The number of rotatable bonds is 15. The minimum absolute atomic E-state index is 0.0118. The van der Waals surface area contributed by atoms with Crippen LogP contribution in [0.3, 0.4) is 0 Å². The first-order valence-electron chi connectivity index (χ1n) is 10.7. The third-order valence-corrected chi connectivity index (χ3v) is 5.14. The molecule has 26 heavy (non-hydrogen) atoms. The molecule has 0 saturated carbocycles. The molecule has 0 N–H and O–H groups in total. The number of ether oxygens (including phenoxy) is 3. The van der Waals surface area contributed by atoms with Crippen molar-refractivity contribution >= 4 is 0 Å². The van der Waals surface area contributed by atoms with E-state index in [4.69, 9.17) is 14.2 Å². The Morgan fingerprint density at radius 3 is 1.85 bits per heavy atom. The third-order valence-electron chi connectivity index (χ3n) is 5.14. The molecule has 3 atom stereocenters. The molecule has 0 aromatic carbocycles. The Kier molecular flexibility index (Phi) is 12.3. The van der Waals surface area contributed by atoms with Crippen LogP contribution in [0.2, 0.25) is 0 Å². The molecule has 0 radical (unpaired) electrons. The minimum Gasteiger partial charge on any atom is -0.379 e. The third kappa shape index (κ3) is 14.0. The van der Waals surface area contributed by atoms with E-state index in [-0.39, 0.29) is 11.2 Å². The van der Waals surface area contributed by atoms with E-state index >= 15 is 0 Å². The van der Waals surface area contributed by atoms with Crippen molar-refractivity contribution in [1.82, 2.24) is 0 Å². The van der Waals surface area contributed by atoms with Crippen molar-refractivity contribution in [2.45, 2.75) is 112 Å². The zero-order valence-corrected chi connectivity index (χ0v) is 19.5. The Balaban J connectivity index is 3.90. The quantitative estimate of drug-likeness (QED) is 0.329. The summed E-state index contributed by atoms with van der Waals surface area (Å²) in [7, 11) is 1.79. The van der Waals surface area contributed by atoms with Crippen molar-refractivity contribution in [2.24, 2.45) is 17.8 Å². The summed E-state index contributed by atoms with van der Waals surface area (Å²) in [5, 5.41) is 0. The standard InChI is InChI=1S/C23H48O3/c1-18(2)16-23(8,9)26-14-12-19(3)15-21(5)25-13-11-20(4)17-22(6,7)24-10/h18-21H,11-17H2,1-10H3. The highest BCUT2D eigenvalue weighted by molar-refractivity contribution is 4.72. The summed E-state index contributed by atoms with van der Waals surface area (Å²) in [5.41, 5.74) is -0.0506. The van der Waals surface area contributed by atoms with Crippen LogP contribution in [-0.4, -0.2) is 37.6 Å². The molecule has 0 aromatic rings.